The highest BCUT2D eigenvalue weighted by Crippen LogP contribution is 2.16. The van der Waals surface area contributed by atoms with E-state index in [2.05, 4.69) is 15.9 Å². The molecule has 1 aromatic carbocycles. The van der Waals surface area contributed by atoms with E-state index in [1.54, 1.807) is 24.0 Å². The minimum Gasteiger partial charge on any atom is -0.450 e. The summed E-state index contributed by atoms with van der Waals surface area (Å²) < 4.78 is 11.0. The molecule has 126 valence electrons. The van der Waals surface area contributed by atoms with Gasteiger partial charge in [0, 0.05) is 18.3 Å². The molecule has 24 heavy (non-hydrogen) atoms. The molecule has 1 heterocycles. The Kier molecular flexibility index (Phi) is 6.37. The largest absolute Gasteiger partial charge is 0.450 e. The van der Waals surface area contributed by atoms with Crippen LogP contribution in [0.1, 0.15) is 19.6 Å². The number of anilines is 1. The highest BCUT2D eigenvalue weighted by atomic mass is 79.9. The third-order valence-corrected chi connectivity index (χ3v) is 3.69. The predicted octanol–water partition coefficient (Wildman–Crippen LogP) is 4.04. The van der Waals surface area contributed by atoms with Gasteiger partial charge in [0.1, 0.15) is 5.76 Å². The Labute approximate surface area is 149 Å². The predicted molar refractivity (Wildman–Crippen MR) is 95.5 cm³/mol. The number of furan rings is 1. The molecule has 0 bridgehead atoms. The Bertz CT molecular complexity index is 724. The number of amides is 1. The van der Waals surface area contributed by atoms with E-state index >= 15 is 0 Å². The summed E-state index contributed by atoms with van der Waals surface area (Å²) in [5.41, 5.74) is 0.767. The number of rotatable bonds is 6. The van der Waals surface area contributed by atoms with Gasteiger partial charge in [-0.1, -0.05) is 18.2 Å². The zero-order valence-corrected chi connectivity index (χ0v) is 15.0. The molecule has 0 fully saturated rings. The number of hydrogen-bond acceptors (Lipinski definition) is 4. The summed E-state index contributed by atoms with van der Waals surface area (Å²) in [7, 11) is 0. The van der Waals surface area contributed by atoms with Crippen molar-refractivity contribution in [1.29, 1.82) is 0 Å². The molecule has 0 saturated carbocycles. The van der Waals surface area contributed by atoms with Crippen LogP contribution in [-0.2, 0) is 14.3 Å². The van der Waals surface area contributed by atoms with Gasteiger partial charge in [-0.05, 0) is 60.1 Å². The third kappa shape index (κ3) is 4.83. The molecule has 0 spiro atoms. The molecule has 0 unspecified atom stereocenters. The van der Waals surface area contributed by atoms with Gasteiger partial charge < -0.3 is 14.1 Å². The molecular formula is C18H18BrNO4. The zero-order valence-electron chi connectivity index (χ0n) is 13.4. The van der Waals surface area contributed by atoms with Crippen LogP contribution in [0, 0.1) is 0 Å². The summed E-state index contributed by atoms with van der Waals surface area (Å²) in [5.74, 6) is -0.365. The molecule has 0 radical (unpaired) electrons. The first kappa shape index (κ1) is 18.0. The first-order chi connectivity index (χ1) is 11.5. The van der Waals surface area contributed by atoms with Gasteiger partial charge in [-0.2, -0.15) is 0 Å². The summed E-state index contributed by atoms with van der Waals surface area (Å²) in [6, 6.07) is 12.7. The molecule has 5 nitrogen and oxygen atoms in total. The number of esters is 1. The highest BCUT2D eigenvalue weighted by Gasteiger charge is 2.23. The van der Waals surface area contributed by atoms with Gasteiger partial charge in [0.05, 0.1) is 0 Å². The van der Waals surface area contributed by atoms with Crippen molar-refractivity contribution < 1.29 is 18.7 Å². The second kappa shape index (κ2) is 8.49. The van der Waals surface area contributed by atoms with Crippen LogP contribution in [0.2, 0.25) is 0 Å². The second-order valence-corrected chi connectivity index (χ2v) is 5.75. The topological polar surface area (TPSA) is 59.8 Å². The van der Waals surface area contributed by atoms with Crippen LogP contribution in [0.3, 0.4) is 0 Å². The summed E-state index contributed by atoms with van der Waals surface area (Å²) in [5, 5.41) is 0. The maximum Gasteiger partial charge on any atom is 0.331 e. The molecule has 0 aliphatic carbocycles. The SMILES string of the molecule is CCN(C(=O)[C@H](C)OC(=O)/C=C/c1ccc(Br)o1)c1ccccc1. The van der Waals surface area contributed by atoms with Gasteiger partial charge in [0.25, 0.3) is 5.91 Å². The number of carbonyl (C=O) groups is 2. The molecule has 1 aromatic heterocycles. The van der Waals surface area contributed by atoms with Gasteiger partial charge in [0.15, 0.2) is 10.8 Å². The Morgan fingerprint density at radius 1 is 1.25 bits per heavy atom. The Balaban J connectivity index is 1.97. The molecule has 1 amide bonds. The Morgan fingerprint density at radius 2 is 1.96 bits per heavy atom. The fourth-order valence-corrected chi connectivity index (χ4v) is 2.44. The first-order valence-corrected chi connectivity index (χ1v) is 8.31. The normalized spacial score (nSPS) is 12.1. The van der Waals surface area contributed by atoms with E-state index < -0.39 is 12.1 Å². The molecule has 6 heteroatoms. The second-order valence-electron chi connectivity index (χ2n) is 4.97. The average molecular weight is 392 g/mol. The molecule has 0 aliphatic heterocycles. The van der Waals surface area contributed by atoms with Crippen LogP contribution in [0.4, 0.5) is 5.69 Å². The minimum atomic E-state index is -0.884. The summed E-state index contributed by atoms with van der Waals surface area (Å²) in [6.07, 6.45) is 1.83. The first-order valence-electron chi connectivity index (χ1n) is 7.51. The monoisotopic (exact) mass is 391 g/mol. The van der Waals surface area contributed by atoms with E-state index in [0.717, 1.165) is 5.69 Å². The number of likely N-dealkylation sites (N-methyl/N-ethyl adjacent to an activating group) is 1. The molecule has 1 atom stereocenters. The van der Waals surface area contributed by atoms with Crippen LogP contribution in [0.15, 0.2) is 57.6 Å². The lowest BCUT2D eigenvalue weighted by atomic mass is 10.2. The van der Waals surface area contributed by atoms with E-state index in [-0.39, 0.29) is 5.91 Å². The van der Waals surface area contributed by atoms with Crippen molar-refractivity contribution in [2.45, 2.75) is 20.0 Å². The molecular weight excluding hydrogens is 374 g/mol. The van der Waals surface area contributed by atoms with Gasteiger partial charge in [-0.15, -0.1) is 0 Å². The maximum absolute atomic E-state index is 12.5. The number of para-hydroxylation sites is 1. The number of hydrogen-bond donors (Lipinski definition) is 0. The number of ether oxygens (including phenoxy) is 1. The third-order valence-electron chi connectivity index (χ3n) is 3.27. The molecule has 0 aliphatic rings. The summed E-state index contributed by atoms with van der Waals surface area (Å²) >= 11 is 3.18. The van der Waals surface area contributed by atoms with E-state index in [1.165, 1.54) is 12.2 Å². The fraction of sp³-hybridized carbons (Fsp3) is 0.222. The van der Waals surface area contributed by atoms with Crippen LogP contribution >= 0.6 is 15.9 Å². The number of nitrogens with zero attached hydrogens (tertiary/aromatic N) is 1. The lowest BCUT2D eigenvalue weighted by Crippen LogP contribution is -2.39. The molecule has 0 saturated heterocycles. The number of carbonyl (C=O) groups excluding carboxylic acids is 2. The van der Waals surface area contributed by atoms with E-state index in [0.29, 0.717) is 17.0 Å². The Hall–Kier alpha value is -2.34. The standard InChI is InChI=1S/C18H18BrNO4/c1-3-20(14-7-5-4-6-8-14)18(22)13(2)23-17(21)12-10-15-9-11-16(19)24-15/h4-13H,3H2,1-2H3/b12-10+/t13-/m0/s1. The average Bonchev–Trinajstić information content (AvgIpc) is 3.00. The van der Waals surface area contributed by atoms with E-state index in [4.69, 9.17) is 9.15 Å². The number of halogens is 1. The minimum absolute atomic E-state index is 0.272. The van der Waals surface area contributed by atoms with Crippen molar-refractivity contribution in [3.8, 4) is 0 Å². The van der Waals surface area contributed by atoms with E-state index in [1.807, 2.05) is 37.3 Å². The summed E-state index contributed by atoms with van der Waals surface area (Å²) in [6.45, 7) is 3.91. The van der Waals surface area contributed by atoms with Gasteiger partial charge in [-0.25, -0.2) is 4.79 Å². The smallest absolute Gasteiger partial charge is 0.331 e. The lowest BCUT2D eigenvalue weighted by molar-refractivity contribution is -0.149. The quantitative estimate of drug-likeness (QED) is 0.550. The molecule has 2 rings (SSSR count). The van der Waals surface area contributed by atoms with Crippen LogP contribution in [0.5, 0.6) is 0 Å². The van der Waals surface area contributed by atoms with Crippen molar-refractivity contribution in [3.05, 3.63) is 59.0 Å². The van der Waals surface area contributed by atoms with Gasteiger partial charge in [0.2, 0.25) is 0 Å². The Morgan fingerprint density at radius 3 is 2.54 bits per heavy atom. The maximum atomic E-state index is 12.5. The van der Waals surface area contributed by atoms with Crippen molar-refractivity contribution in [2.75, 3.05) is 11.4 Å². The highest BCUT2D eigenvalue weighted by molar-refractivity contribution is 9.10. The molecule has 2 aromatic rings. The molecule has 0 N–H and O–H groups in total. The van der Waals surface area contributed by atoms with Crippen molar-refractivity contribution in [1.82, 2.24) is 0 Å². The zero-order chi connectivity index (χ0) is 17.5. The number of benzene rings is 1. The lowest BCUT2D eigenvalue weighted by Gasteiger charge is -2.24. The van der Waals surface area contributed by atoms with Crippen LogP contribution in [-0.4, -0.2) is 24.5 Å². The van der Waals surface area contributed by atoms with Crippen molar-refractivity contribution in [2.24, 2.45) is 0 Å². The van der Waals surface area contributed by atoms with E-state index in [9.17, 15) is 9.59 Å². The van der Waals surface area contributed by atoms with Crippen molar-refractivity contribution in [3.63, 3.8) is 0 Å². The fourth-order valence-electron chi connectivity index (χ4n) is 2.12. The van der Waals surface area contributed by atoms with Crippen LogP contribution in [0.25, 0.3) is 6.08 Å². The van der Waals surface area contributed by atoms with Crippen molar-refractivity contribution >= 4 is 39.6 Å². The summed E-state index contributed by atoms with van der Waals surface area (Å²) in [4.78, 5) is 25.9. The van der Waals surface area contributed by atoms with Crippen LogP contribution < -0.4 is 4.90 Å². The van der Waals surface area contributed by atoms with Gasteiger partial charge in [-0.3, -0.25) is 4.79 Å². The van der Waals surface area contributed by atoms with Gasteiger partial charge >= 0.3 is 5.97 Å².